The maximum absolute atomic E-state index is 12.7. The van der Waals surface area contributed by atoms with Crippen LogP contribution in [0.1, 0.15) is 38.7 Å². The number of benzene rings is 1. The summed E-state index contributed by atoms with van der Waals surface area (Å²) in [6, 6.07) is 7.00. The fourth-order valence-corrected chi connectivity index (χ4v) is 3.55. The second-order valence-electron chi connectivity index (χ2n) is 10.1. The Bertz CT molecular complexity index is 953. The molecule has 0 aliphatic rings. The molecule has 2 unspecified atom stereocenters. The van der Waals surface area contributed by atoms with Crippen molar-refractivity contribution >= 4 is 23.8 Å². The Balaban J connectivity index is -0.000000726. The number of primary amides is 2. The number of nitrogens with one attached hydrogen (secondary N) is 4. The second-order valence-corrected chi connectivity index (χ2v) is 10.1. The maximum atomic E-state index is 12.7. The van der Waals surface area contributed by atoms with Crippen LogP contribution in [0.2, 0.25) is 0 Å². The van der Waals surface area contributed by atoms with E-state index in [0.29, 0.717) is 59.2 Å². The zero-order chi connectivity index (χ0) is 34.4. The van der Waals surface area contributed by atoms with Gasteiger partial charge < -0.3 is 61.2 Å². The molecular formula is C31H59N7O10Y-2. The van der Waals surface area contributed by atoms with Crippen molar-refractivity contribution in [1.29, 1.82) is 0 Å². The van der Waals surface area contributed by atoms with E-state index in [4.69, 9.17) is 41.5 Å². The van der Waals surface area contributed by atoms with Crippen molar-refractivity contribution in [3.63, 3.8) is 0 Å². The first-order valence-electron chi connectivity index (χ1n) is 15.1. The monoisotopic (exact) mass is 778 g/mol. The molecule has 1 aromatic rings. The van der Waals surface area contributed by atoms with Gasteiger partial charge in [0.2, 0.25) is 17.7 Å². The first-order chi connectivity index (χ1) is 22.1. The number of ether oxygens (including phenoxy) is 4. The molecular weight excluding hydrogens is 719 g/mol. The summed E-state index contributed by atoms with van der Waals surface area (Å²) < 4.78 is 21.4. The number of rotatable bonds is 26. The molecule has 0 aromatic heterocycles. The number of hydrogen-bond donors (Lipinski definition) is 8. The summed E-state index contributed by atoms with van der Waals surface area (Å²) in [6.07, 6.45) is 0.646. The number of nitrogens with two attached hydrogens (primary N) is 3. The van der Waals surface area contributed by atoms with E-state index in [2.05, 4.69) is 26.3 Å². The Labute approximate surface area is 316 Å². The molecule has 11 N–H and O–H groups in total. The minimum atomic E-state index is -0.943. The molecule has 0 saturated carbocycles. The summed E-state index contributed by atoms with van der Waals surface area (Å²) in [4.78, 5) is 51.3. The van der Waals surface area contributed by atoms with Crippen LogP contribution in [0.4, 0.5) is 4.79 Å². The smallest absolute Gasteiger partial charge is 0.312 e. The van der Waals surface area contributed by atoms with E-state index >= 15 is 0 Å². The normalized spacial score (nSPS) is 11.3. The molecule has 0 saturated heterocycles. The summed E-state index contributed by atoms with van der Waals surface area (Å²) in [6.45, 7) is 7.74. The van der Waals surface area contributed by atoms with Crippen LogP contribution in [0.3, 0.4) is 0 Å². The van der Waals surface area contributed by atoms with Crippen molar-refractivity contribution in [2.45, 2.75) is 51.8 Å². The zero-order valence-electron chi connectivity index (χ0n) is 29.4. The third kappa shape index (κ3) is 32.6. The van der Waals surface area contributed by atoms with Crippen molar-refractivity contribution in [3.8, 4) is 0 Å². The van der Waals surface area contributed by atoms with E-state index in [1.807, 2.05) is 30.3 Å². The number of hydrazine groups is 1. The van der Waals surface area contributed by atoms with Gasteiger partial charge >= 0.3 is 6.03 Å². The van der Waals surface area contributed by atoms with Crippen LogP contribution in [0.15, 0.2) is 30.3 Å². The molecule has 0 aliphatic heterocycles. The summed E-state index contributed by atoms with van der Waals surface area (Å²) >= 11 is 0. The fourth-order valence-electron chi connectivity index (χ4n) is 3.55. The van der Waals surface area contributed by atoms with E-state index in [1.54, 1.807) is 13.8 Å². The summed E-state index contributed by atoms with van der Waals surface area (Å²) in [5.41, 5.74) is 13.8. The Morgan fingerprint density at radius 1 is 0.796 bits per heavy atom. The van der Waals surface area contributed by atoms with E-state index in [1.165, 1.54) is 0 Å². The number of urea groups is 1. The van der Waals surface area contributed by atoms with Crippen LogP contribution < -0.4 is 38.7 Å². The first kappa shape index (κ1) is 53.5. The maximum Gasteiger partial charge on any atom is 0.312 e. The molecule has 1 aromatic carbocycles. The number of carbonyl (C=O) groups is 4. The second kappa shape index (κ2) is 37.0. The molecule has 2 atom stereocenters. The average molecular weight is 779 g/mol. The largest absolute Gasteiger partial charge is 0.379 e. The van der Waals surface area contributed by atoms with Gasteiger partial charge in [-0.1, -0.05) is 44.2 Å². The number of carbonyl (C=O) groups excluding carboxylic acids is 4. The van der Waals surface area contributed by atoms with Crippen molar-refractivity contribution in [3.05, 3.63) is 50.7 Å². The van der Waals surface area contributed by atoms with Gasteiger partial charge in [-0.3, -0.25) is 30.9 Å². The van der Waals surface area contributed by atoms with Crippen molar-refractivity contribution < 1.29 is 81.0 Å². The first-order valence-corrected chi connectivity index (χ1v) is 15.1. The molecule has 0 heterocycles. The van der Waals surface area contributed by atoms with Gasteiger partial charge in [0.05, 0.1) is 52.9 Å². The quantitative estimate of drug-likeness (QED) is 0.0204. The van der Waals surface area contributed by atoms with Crippen LogP contribution in [0.25, 0.3) is 0 Å². The zero-order valence-corrected chi connectivity index (χ0v) is 32.3. The van der Waals surface area contributed by atoms with Gasteiger partial charge in [-0.05, 0) is 24.3 Å². The SMILES string of the molecule is CC(C)C(NC(=O)CCOCCOCCOCCOCCNN)C(=O)NC(CCCNC(N)=O)C(N)=O.OOCc1ccccc1.[CH3-].[CH3-].[Y]. The van der Waals surface area contributed by atoms with Gasteiger partial charge in [0.15, 0.2) is 0 Å². The molecule has 1 radical (unpaired) electrons. The number of amides is 5. The predicted octanol–water partition coefficient (Wildman–Crippen LogP) is 0.0399. The van der Waals surface area contributed by atoms with E-state index < -0.39 is 29.9 Å². The van der Waals surface area contributed by atoms with Crippen molar-refractivity contribution in [1.82, 2.24) is 21.4 Å². The molecule has 0 aliphatic carbocycles. The Morgan fingerprint density at radius 3 is 1.80 bits per heavy atom. The molecule has 17 nitrogen and oxygen atoms in total. The van der Waals surface area contributed by atoms with Gasteiger partial charge in [0, 0.05) is 52.2 Å². The van der Waals surface area contributed by atoms with E-state index in [9.17, 15) is 19.2 Å². The molecule has 0 bridgehead atoms. The Hall–Kier alpha value is -2.32. The molecule has 0 spiro atoms. The van der Waals surface area contributed by atoms with Gasteiger partial charge in [-0.2, -0.15) is 0 Å². The van der Waals surface area contributed by atoms with E-state index in [0.717, 1.165) is 5.56 Å². The van der Waals surface area contributed by atoms with Gasteiger partial charge in [0.25, 0.3) is 0 Å². The molecule has 283 valence electrons. The summed E-state index contributed by atoms with van der Waals surface area (Å²) in [5.74, 6) is 3.28. The summed E-state index contributed by atoms with van der Waals surface area (Å²) in [7, 11) is 0. The average Bonchev–Trinajstić information content (AvgIpc) is 3.02. The van der Waals surface area contributed by atoms with Crippen molar-refractivity contribution in [2.75, 3.05) is 65.9 Å². The third-order valence-electron chi connectivity index (χ3n) is 5.95. The van der Waals surface area contributed by atoms with Crippen molar-refractivity contribution in [2.24, 2.45) is 23.2 Å². The topological polar surface area (TPSA) is 261 Å². The fraction of sp³-hybridized carbons (Fsp3) is 0.613. The van der Waals surface area contributed by atoms with E-state index in [-0.39, 0.29) is 92.0 Å². The molecule has 18 heteroatoms. The third-order valence-corrected chi connectivity index (χ3v) is 5.95. The minimum absolute atomic E-state index is 0. The number of hydrogen-bond acceptors (Lipinski definition) is 12. The minimum Gasteiger partial charge on any atom is -0.379 e. The van der Waals surface area contributed by atoms with Crippen LogP contribution in [-0.2, 0) is 77.5 Å². The van der Waals surface area contributed by atoms with Crippen LogP contribution in [0.5, 0.6) is 0 Å². The van der Waals surface area contributed by atoms with Crippen LogP contribution in [0, 0.1) is 20.8 Å². The van der Waals surface area contributed by atoms with Crippen LogP contribution in [-0.4, -0.2) is 107 Å². The molecule has 5 amide bonds. The standard InChI is InChI=1S/C22H45N7O8.C7H8O2.2CH3.Y/c1-16(2)19(21(32)28-17(20(23)31)4-3-6-26-22(24)33)29-18(30)5-8-34-10-12-36-14-15-37-13-11-35-9-7-27-25;8-9-6-7-4-2-1-3-5-7;;;/h16-17,19,27H,3-15,25H2,1-2H3,(H2,23,31)(H,28,32)(H,29,30)(H3,24,26,33);1-5,8H,6H2;2*1H3;/q;;2*-1;. The molecule has 0 fully saturated rings. The summed E-state index contributed by atoms with van der Waals surface area (Å²) in [5, 5.41) is 15.6. The Morgan fingerprint density at radius 2 is 1.33 bits per heavy atom. The van der Waals surface area contributed by atoms with Crippen LogP contribution >= 0.6 is 0 Å². The molecule has 1 rings (SSSR count). The van der Waals surface area contributed by atoms with Gasteiger partial charge in [0.1, 0.15) is 18.7 Å². The van der Waals surface area contributed by atoms with Gasteiger partial charge in [-0.25, -0.2) is 9.68 Å². The Kier molecular flexibility index (Phi) is 40.3. The van der Waals surface area contributed by atoms with Gasteiger partial charge in [-0.15, -0.1) is 0 Å². The predicted molar refractivity (Wildman–Crippen MR) is 181 cm³/mol. The molecule has 49 heavy (non-hydrogen) atoms.